The van der Waals surface area contributed by atoms with Gasteiger partial charge in [-0.1, -0.05) is 0 Å². The molecule has 0 spiro atoms. The van der Waals surface area contributed by atoms with E-state index in [1.165, 1.54) is 0 Å². The minimum atomic E-state index is -0.881. The second kappa shape index (κ2) is 11.6. The summed E-state index contributed by atoms with van der Waals surface area (Å²) in [7, 11) is 0. The first-order chi connectivity index (χ1) is 4.68. The molecule has 62 valence electrons. The lowest BCUT2D eigenvalue weighted by atomic mass is 10.8. The Hall–Kier alpha value is -0.220. The van der Waals surface area contributed by atoms with Gasteiger partial charge in [-0.25, -0.2) is 0 Å². The van der Waals surface area contributed by atoms with Crippen molar-refractivity contribution in [3.05, 3.63) is 0 Å². The van der Waals surface area contributed by atoms with Gasteiger partial charge in [0.1, 0.15) is 0 Å². The summed E-state index contributed by atoms with van der Waals surface area (Å²) < 4.78 is 4.83. The summed E-state index contributed by atoms with van der Waals surface area (Å²) in [6.07, 6.45) is 0. The van der Waals surface area contributed by atoms with E-state index in [0.29, 0.717) is 0 Å². The zero-order valence-electron chi connectivity index (χ0n) is 6.33. The molecule has 0 saturated carbocycles. The lowest BCUT2D eigenvalue weighted by Crippen LogP contribution is -1.92. The maximum absolute atomic E-state index is 9.29. The first-order valence-electron chi connectivity index (χ1n) is 3.09. The van der Waals surface area contributed by atoms with Gasteiger partial charge in [0.25, 0.3) is 0 Å². The van der Waals surface area contributed by atoms with E-state index in [-0.39, 0.29) is 5.75 Å². The van der Waals surface area contributed by atoms with Crippen LogP contribution in [-0.4, -0.2) is 30.0 Å². The monoisotopic (exact) mass is 166 g/mol. The van der Waals surface area contributed by atoms with Crippen LogP contribution >= 0.6 is 12.6 Å². The Morgan fingerprint density at radius 1 is 1.50 bits per heavy atom. The molecule has 0 unspecified atom stereocenters. The van der Waals surface area contributed by atoms with Crippen LogP contribution < -0.4 is 0 Å². The van der Waals surface area contributed by atoms with E-state index < -0.39 is 5.97 Å². The number of carboxylic acid groups (broad SMARTS) is 1. The van der Waals surface area contributed by atoms with Crippen molar-refractivity contribution in [1.29, 1.82) is 0 Å². The number of aliphatic carboxylic acids is 1. The molecular formula is C6H14O3S. The molecule has 0 bridgehead atoms. The molecule has 0 fully saturated rings. The van der Waals surface area contributed by atoms with Crippen LogP contribution in [0.4, 0.5) is 0 Å². The highest BCUT2D eigenvalue weighted by atomic mass is 32.1. The summed E-state index contributed by atoms with van der Waals surface area (Å²) in [5, 5.41) is 7.65. The van der Waals surface area contributed by atoms with Crippen LogP contribution in [-0.2, 0) is 9.53 Å². The summed E-state index contributed by atoms with van der Waals surface area (Å²) in [5.74, 6) is -0.965. The van der Waals surface area contributed by atoms with Crippen LogP contribution in [0.5, 0.6) is 0 Å². The number of thiol groups is 1. The number of rotatable bonds is 3. The molecule has 0 aromatic rings. The largest absolute Gasteiger partial charge is 0.481 e. The van der Waals surface area contributed by atoms with Gasteiger partial charge in [-0.15, -0.1) is 0 Å². The summed E-state index contributed by atoms with van der Waals surface area (Å²) >= 11 is 3.42. The number of carbonyl (C=O) groups is 1. The van der Waals surface area contributed by atoms with Crippen molar-refractivity contribution in [3.8, 4) is 0 Å². The van der Waals surface area contributed by atoms with Gasteiger partial charge in [0.2, 0.25) is 0 Å². The summed E-state index contributed by atoms with van der Waals surface area (Å²) in [4.78, 5) is 9.29. The third-order valence-corrected chi connectivity index (χ3v) is 0.814. The number of hydrogen-bond acceptors (Lipinski definition) is 3. The fourth-order valence-corrected chi connectivity index (χ4v) is 0.204. The summed E-state index contributed by atoms with van der Waals surface area (Å²) in [6.45, 7) is 5.67. The molecule has 0 atom stereocenters. The number of hydrogen-bond donors (Lipinski definition) is 2. The first-order valence-corrected chi connectivity index (χ1v) is 3.72. The molecule has 0 aliphatic heterocycles. The Balaban J connectivity index is 0. The molecule has 0 aromatic carbocycles. The standard InChI is InChI=1S/C4H10O.C2H4O2S/c1-3-5-4-2;3-2(4)1-5/h3-4H2,1-2H3;5H,1H2,(H,3,4). The molecule has 10 heavy (non-hydrogen) atoms. The van der Waals surface area contributed by atoms with E-state index in [2.05, 4.69) is 12.6 Å². The maximum atomic E-state index is 9.29. The molecule has 0 aliphatic carbocycles. The van der Waals surface area contributed by atoms with E-state index in [9.17, 15) is 4.79 Å². The zero-order valence-corrected chi connectivity index (χ0v) is 7.23. The van der Waals surface area contributed by atoms with Gasteiger partial charge in [-0.2, -0.15) is 12.6 Å². The van der Waals surface area contributed by atoms with E-state index >= 15 is 0 Å². The van der Waals surface area contributed by atoms with Crippen molar-refractivity contribution < 1.29 is 14.6 Å². The van der Waals surface area contributed by atoms with E-state index in [4.69, 9.17) is 9.84 Å². The average molecular weight is 166 g/mol. The molecule has 4 heteroatoms. The minimum Gasteiger partial charge on any atom is -0.481 e. The first kappa shape index (κ1) is 12.5. The Labute approximate surface area is 66.8 Å². The van der Waals surface area contributed by atoms with E-state index in [1.54, 1.807) is 0 Å². The molecule has 0 aromatic heterocycles. The average Bonchev–Trinajstić information content (AvgIpc) is 1.91. The van der Waals surface area contributed by atoms with Crippen molar-refractivity contribution in [3.63, 3.8) is 0 Å². The maximum Gasteiger partial charge on any atom is 0.313 e. The lowest BCUT2D eigenvalue weighted by Gasteiger charge is -1.86. The van der Waals surface area contributed by atoms with Crippen LogP contribution in [0.25, 0.3) is 0 Å². The van der Waals surface area contributed by atoms with Crippen LogP contribution in [0.3, 0.4) is 0 Å². The Morgan fingerprint density at radius 2 is 1.80 bits per heavy atom. The van der Waals surface area contributed by atoms with Crippen molar-refractivity contribution in [2.75, 3.05) is 19.0 Å². The van der Waals surface area contributed by atoms with Crippen molar-refractivity contribution >= 4 is 18.6 Å². The number of carboxylic acids is 1. The Kier molecular flexibility index (Phi) is 14.4. The predicted octanol–water partition coefficient (Wildman–Crippen LogP) is 1.04. The molecule has 0 radical (unpaired) electrons. The molecule has 0 heterocycles. The normalized spacial score (nSPS) is 7.90. The van der Waals surface area contributed by atoms with Gasteiger partial charge in [-0.05, 0) is 13.8 Å². The van der Waals surface area contributed by atoms with Crippen molar-refractivity contribution in [1.82, 2.24) is 0 Å². The summed E-state index contributed by atoms with van der Waals surface area (Å²) in [5.41, 5.74) is 0. The van der Waals surface area contributed by atoms with Gasteiger partial charge < -0.3 is 9.84 Å². The Bertz CT molecular complexity index is 73.4. The predicted molar refractivity (Wildman–Crippen MR) is 43.7 cm³/mol. The molecule has 3 nitrogen and oxygen atoms in total. The fraction of sp³-hybridized carbons (Fsp3) is 0.833. The lowest BCUT2D eigenvalue weighted by molar-refractivity contribution is -0.133. The molecule has 0 amide bonds. The molecule has 1 N–H and O–H groups in total. The topological polar surface area (TPSA) is 46.5 Å². The highest BCUT2D eigenvalue weighted by molar-refractivity contribution is 7.81. The van der Waals surface area contributed by atoms with Crippen molar-refractivity contribution in [2.24, 2.45) is 0 Å². The smallest absolute Gasteiger partial charge is 0.313 e. The van der Waals surface area contributed by atoms with E-state index in [1.807, 2.05) is 13.8 Å². The second-order valence-corrected chi connectivity index (χ2v) is 1.65. The van der Waals surface area contributed by atoms with Crippen LogP contribution in [0.2, 0.25) is 0 Å². The van der Waals surface area contributed by atoms with Gasteiger partial charge >= 0.3 is 5.97 Å². The van der Waals surface area contributed by atoms with Crippen molar-refractivity contribution in [2.45, 2.75) is 13.8 Å². The molecular weight excluding hydrogens is 152 g/mol. The SMILES string of the molecule is CCOCC.O=C(O)CS. The van der Waals surface area contributed by atoms with E-state index in [0.717, 1.165) is 13.2 Å². The summed E-state index contributed by atoms with van der Waals surface area (Å²) in [6, 6.07) is 0. The third-order valence-electron chi connectivity index (χ3n) is 0.544. The third kappa shape index (κ3) is 25.0. The second-order valence-electron chi connectivity index (χ2n) is 1.33. The van der Waals surface area contributed by atoms with Crippen LogP contribution in [0, 0.1) is 0 Å². The minimum absolute atomic E-state index is 0.0833. The Morgan fingerprint density at radius 3 is 1.80 bits per heavy atom. The zero-order chi connectivity index (χ0) is 8.41. The van der Waals surface area contributed by atoms with Gasteiger partial charge in [0.15, 0.2) is 0 Å². The van der Waals surface area contributed by atoms with Gasteiger partial charge in [0.05, 0.1) is 5.75 Å². The van der Waals surface area contributed by atoms with Gasteiger partial charge in [-0.3, -0.25) is 4.79 Å². The van der Waals surface area contributed by atoms with Crippen LogP contribution in [0.1, 0.15) is 13.8 Å². The van der Waals surface area contributed by atoms with Gasteiger partial charge in [0, 0.05) is 13.2 Å². The highest BCUT2D eigenvalue weighted by Crippen LogP contribution is 1.66. The molecule has 0 saturated heterocycles. The quantitative estimate of drug-likeness (QED) is 0.616. The molecule has 0 rings (SSSR count). The fourth-order valence-electron chi connectivity index (χ4n) is 0.204. The highest BCUT2D eigenvalue weighted by Gasteiger charge is 1.81. The molecule has 0 aliphatic rings. The number of ether oxygens (including phenoxy) is 1. The van der Waals surface area contributed by atoms with Crippen LogP contribution in [0.15, 0.2) is 0 Å².